The lowest BCUT2D eigenvalue weighted by atomic mass is 9.99. The number of para-hydroxylation sites is 1. The van der Waals surface area contributed by atoms with E-state index in [1.807, 2.05) is 42.5 Å². The molecule has 0 amide bonds. The van der Waals surface area contributed by atoms with Crippen LogP contribution in [0.3, 0.4) is 0 Å². The summed E-state index contributed by atoms with van der Waals surface area (Å²) in [4.78, 5) is 13.9. The van der Waals surface area contributed by atoms with Gasteiger partial charge in [-0.25, -0.2) is 4.79 Å². The van der Waals surface area contributed by atoms with Crippen LogP contribution in [0.5, 0.6) is 11.5 Å². The van der Waals surface area contributed by atoms with Gasteiger partial charge in [0.1, 0.15) is 6.54 Å². The summed E-state index contributed by atoms with van der Waals surface area (Å²) < 4.78 is 13.5. The predicted molar refractivity (Wildman–Crippen MR) is 98.4 cm³/mol. The van der Waals surface area contributed by atoms with E-state index in [0.717, 1.165) is 31.0 Å². The zero-order valence-corrected chi connectivity index (χ0v) is 15.4. The third-order valence-corrected chi connectivity index (χ3v) is 4.91. The molecule has 0 saturated heterocycles. The molecule has 8 heteroatoms. The van der Waals surface area contributed by atoms with Gasteiger partial charge < -0.3 is 14.4 Å². The second-order valence-electron chi connectivity index (χ2n) is 6.57. The minimum absolute atomic E-state index is 0.230. The minimum atomic E-state index is -0.230. The highest BCUT2D eigenvalue weighted by Crippen LogP contribution is 2.31. The summed E-state index contributed by atoms with van der Waals surface area (Å²) in [6.07, 6.45) is 0.909. The molecular formula is C19H22N5O3+. The summed E-state index contributed by atoms with van der Waals surface area (Å²) in [6, 6.07) is 13.4. The van der Waals surface area contributed by atoms with Crippen LogP contribution in [0.15, 0.2) is 47.3 Å². The molecule has 1 aliphatic rings. The Hall–Kier alpha value is -3.13. The quantitative estimate of drug-likeness (QED) is 0.689. The van der Waals surface area contributed by atoms with Crippen molar-refractivity contribution in [3.05, 3.63) is 64.1 Å². The molecule has 0 saturated carbocycles. The molecule has 0 fully saturated rings. The SMILES string of the molecule is COc1cc2c(cc1OC)C[NH+](Cn1nnn(-c3ccccc3)c1=O)CC2. The molecule has 8 nitrogen and oxygen atoms in total. The van der Waals surface area contributed by atoms with Crippen LogP contribution in [0.2, 0.25) is 0 Å². The van der Waals surface area contributed by atoms with Crippen LogP contribution in [0.1, 0.15) is 11.1 Å². The Balaban J connectivity index is 1.54. The van der Waals surface area contributed by atoms with Crippen LogP contribution < -0.4 is 20.1 Å². The van der Waals surface area contributed by atoms with Crippen molar-refractivity contribution < 1.29 is 14.4 Å². The van der Waals surface area contributed by atoms with Crippen molar-refractivity contribution in [1.29, 1.82) is 0 Å². The summed E-state index contributed by atoms with van der Waals surface area (Å²) in [5.74, 6) is 1.48. The number of rotatable bonds is 5. The van der Waals surface area contributed by atoms with Crippen molar-refractivity contribution in [3.63, 3.8) is 0 Å². The fourth-order valence-corrected chi connectivity index (χ4v) is 3.48. The van der Waals surface area contributed by atoms with Crippen LogP contribution >= 0.6 is 0 Å². The number of fused-ring (bicyclic) bond motifs is 1. The van der Waals surface area contributed by atoms with Crippen molar-refractivity contribution in [2.45, 2.75) is 19.6 Å². The van der Waals surface area contributed by atoms with Gasteiger partial charge in [0.15, 0.2) is 18.2 Å². The van der Waals surface area contributed by atoms with E-state index in [4.69, 9.17) is 9.47 Å². The fraction of sp³-hybridized carbons (Fsp3) is 0.316. The molecule has 1 aromatic heterocycles. The monoisotopic (exact) mass is 368 g/mol. The van der Waals surface area contributed by atoms with E-state index < -0.39 is 0 Å². The molecule has 0 radical (unpaired) electrons. The van der Waals surface area contributed by atoms with Crippen molar-refractivity contribution in [1.82, 2.24) is 19.8 Å². The molecule has 27 heavy (non-hydrogen) atoms. The highest BCUT2D eigenvalue weighted by molar-refractivity contribution is 5.47. The molecular weight excluding hydrogens is 346 g/mol. The molecule has 0 bridgehead atoms. The molecule has 3 aromatic rings. The normalized spacial score (nSPS) is 16.0. The summed E-state index contributed by atoms with van der Waals surface area (Å²) >= 11 is 0. The van der Waals surface area contributed by atoms with Gasteiger partial charge in [0.2, 0.25) is 0 Å². The van der Waals surface area contributed by atoms with Crippen LogP contribution in [0.4, 0.5) is 0 Å². The topological polar surface area (TPSA) is 75.6 Å². The molecule has 1 N–H and O–H groups in total. The van der Waals surface area contributed by atoms with Gasteiger partial charge in [-0.1, -0.05) is 18.2 Å². The molecule has 1 atom stereocenters. The number of nitrogens with zero attached hydrogens (tertiary/aromatic N) is 4. The third kappa shape index (κ3) is 3.31. The van der Waals surface area contributed by atoms with Gasteiger partial charge in [-0.3, -0.25) is 0 Å². The van der Waals surface area contributed by atoms with Crippen molar-refractivity contribution in [3.8, 4) is 17.2 Å². The number of nitrogens with one attached hydrogen (secondary N) is 1. The second kappa shape index (κ2) is 7.24. The number of hydrogen-bond donors (Lipinski definition) is 1. The number of hydrogen-bond acceptors (Lipinski definition) is 5. The standard InChI is InChI=1S/C19H21N5O3/c1-26-17-10-14-8-9-22(12-15(14)11-18(17)27-2)13-23-19(25)24(21-20-23)16-6-4-3-5-7-16/h3-7,10-11H,8-9,12-13H2,1-2H3/p+1. The average Bonchev–Trinajstić information content (AvgIpc) is 3.07. The van der Waals surface area contributed by atoms with Gasteiger partial charge >= 0.3 is 5.69 Å². The number of tetrazole rings is 1. The Morgan fingerprint density at radius 1 is 1.04 bits per heavy atom. The Labute approximate surface area is 156 Å². The summed E-state index contributed by atoms with van der Waals surface area (Å²) in [6.45, 7) is 2.17. The van der Waals surface area contributed by atoms with Crippen molar-refractivity contribution in [2.75, 3.05) is 20.8 Å². The first-order valence-electron chi connectivity index (χ1n) is 8.85. The van der Waals surface area contributed by atoms with Gasteiger partial charge in [-0.05, 0) is 40.3 Å². The van der Waals surface area contributed by atoms with Crippen molar-refractivity contribution in [2.24, 2.45) is 0 Å². The number of methoxy groups -OCH3 is 2. The smallest absolute Gasteiger partial charge is 0.373 e. The van der Waals surface area contributed by atoms with Crippen LogP contribution in [-0.4, -0.2) is 40.6 Å². The largest absolute Gasteiger partial charge is 0.493 e. The van der Waals surface area contributed by atoms with E-state index in [1.54, 1.807) is 14.2 Å². The highest BCUT2D eigenvalue weighted by atomic mass is 16.5. The first-order chi connectivity index (χ1) is 13.2. The third-order valence-electron chi connectivity index (χ3n) is 4.91. The molecule has 140 valence electrons. The number of benzene rings is 2. The fourth-order valence-electron chi connectivity index (χ4n) is 3.48. The lowest BCUT2D eigenvalue weighted by Gasteiger charge is -2.26. The van der Waals surface area contributed by atoms with E-state index in [9.17, 15) is 4.79 Å². The molecule has 2 aromatic carbocycles. The minimum Gasteiger partial charge on any atom is -0.493 e. The number of ether oxygens (including phenoxy) is 2. The maximum absolute atomic E-state index is 12.6. The predicted octanol–water partition coefficient (Wildman–Crippen LogP) is 0.0449. The number of aromatic nitrogens is 4. The Bertz CT molecular complexity index is 996. The van der Waals surface area contributed by atoms with E-state index in [1.165, 1.54) is 25.4 Å². The number of quaternary nitrogens is 1. The first-order valence-corrected chi connectivity index (χ1v) is 8.85. The summed E-state index contributed by atoms with van der Waals surface area (Å²) in [5, 5.41) is 8.07. The maximum atomic E-state index is 12.6. The highest BCUT2D eigenvalue weighted by Gasteiger charge is 2.23. The van der Waals surface area contributed by atoms with Gasteiger partial charge in [0, 0.05) is 12.0 Å². The summed E-state index contributed by atoms with van der Waals surface area (Å²) in [7, 11) is 3.28. The van der Waals surface area contributed by atoms with E-state index >= 15 is 0 Å². The van der Waals surface area contributed by atoms with Gasteiger partial charge in [-0.2, -0.15) is 4.68 Å². The molecule has 1 unspecified atom stereocenters. The van der Waals surface area contributed by atoms with E-state index in [2.05, 4.69) is 10.4 Å². The molecule has 1 aliphatic heterocycles. The zero-order chi connectivity index (χ0) is 18.8. The lowest BCUT2D eigenvalue weighted by Crippen LogP contribution is -3.11. The van der Waals surface area contributed by atoms with Gasteiger partial charge in [0.05, 0.1) is 26.5 Å². The second-order valence-corrected chi connectivity index (χ2v) is 6.57. The molecule has 2 heterocycles. The van der Waals surface area contributed by atoms with E-state index in [-0.39, 0.29) is 5.69 Å². The Kier molecular flexibility index (Phi) is 4.64. The van der Waals surface area contributed by atoms with Gasteiger partial charge in [0.25, 0.3) is 0 Å². The van der Waals surface area contributed by atoms with E-state index in [0.29, 0.717) is 12.4 Å². The summed E-state index contributed by atoms with van der Waals surface area (Å²) in [5.41, 5.74) is 2.95. The van der Waals surface area contributed by atoms with Crippen LogP contribution in [-0.2, 0) is 19.6 Å². The van der Waals surface area contributed by atoms with Gasteiger partial charge in [-0.15, -0.1) is 4.68 Å². The first kappa shape index (κ1) is 17.3. The maximum Gasteiger partial charge on any atom is 0.373 e. The molecule has 0 aliphatic carbocycles. The Morgan fingerprint density at radius 2 is 1.74 bits per heavy atom. The Morgan fingerprint density at radius 3 is 2.44 bits per heavy atom. The molecule has 0 spiro atoms. The zero-order valence-electron chi connectivity index (χ0n) is 15.4. The van der Waals surface area contributed by atoms with Crippen LogP contribution in [0.25, 0.3) is 5.69 Å². The average molecular weight is 368 g/mol. The lowest BCUT2D eigenvalue weighted by molar-refractivity contribution is -0.939. The molecule has 4 rings (SSSR count). The van der Waals surface area contributed by atoms with Crippen LogP contribution in [0, 0.1) is 0 Å². The van der Waals surface area contributed by atoms with Crippen molar-refractivity contribution >= 4 is 0 Å².